The molecule has 144 valence electrons. The van der Waals surface area contributed by atoms with Crippen molar-refractivity contribution in [1.82, 2.24) is 9.80 Å². The topological polar surface area (TPSA) is 51.2 Å². The number of hydrogen-bond acceptors (Lipinski definition) is 6. The molecule has 0 aliphatic carbocycles. The Hall–Kier alpha value is -1.31. The van der Waals surface area contributed by atoms with Crippen molar-refractivity contribution < 1.29 is 19.0 Å². The van der Waals surface area contributed by atoms with E-state index in [2.05, 4.69) is 39.8 Å². The highest BCUT2D eigenvalue weighted by atomic mass is 79.9. The molecule has 1 fully saturated rings. The second-order valence-electron chi connectivity index (χ2n) is 7.49. The summed E-state index contributed by atoms with van der Waals surface area (Å²) in [4.78, 5) is 16.7. The first-order chi connectivity index (χ1) is 12.2. The normalized spacial score (nSPS) is 23.5. The van der Waals surface area contributed by atoms with E-state index in [4.69, 9.17) is 14.2 Å². The monoisotopic (exact) mass is 426 g/mol. The number of fused-ring (bicyclic) bond motifs is 1. The highest BCUT2D eigenvalue weighted by Gasteiger charge is 2.42. The van der Waals surface area contributed by atoms with Crippen LogP contribution in [0, 0.1) is 6.92 Å². The molecule has 0 bridgehead atoms. The number of carbonyl (C=O) groups excluding carboxylic acids is 1. The molecule has 6 nitrogen and oxygen atoms in total. The molecular formula is C19H27BrN2O4. The van der Waals surface area contributed by atoms with Crippen molar-refractivity contribution in [3.05, 3.63) is 21.7 Å². The molecule has 1 unspecified atom stereocenters. The van der Waals surface area contributed by atoms with Crippen molar-refractivity contribution in [2.75, 3.05) is 40.8 Å². The zero-order chi connectivity index (χ0) is 19.1. The van der Waals surface area contributed by atoms with Gasteiger partial charge in [0.25, 0.3) is 5.79 Å². The minimum absolute atomic E-state index is 0.381. The molecule has 0 amide bonds. The summed E-state index contributed by atoms with van der Waals surface area (Å²) >= 11 is 3.50. The van der Waals surface area contributed by atoms with Crippen molar-refractivity contribution in [3.63, 3.8) is 0 Å². The highest BCUT2D eigenvalue weighted by molar-refractivity contribution is 9.10. The van der Waals surface area contributed by atoms with Gasteiger partial charge in [0.05, 0.1) is 23.7 Å². The fourth-order valence-corrected chi connectivity index (χ4v) is 4.25. The molecule has 0 N–H and O–H groups in total. The summed E-state index contributed by atoms with van der Waals surface area (Å²) in [7, 11) is 5.66. The number of esters is 1. The third-order valence-corrected chi connectivity index (χ3v) is 5.87. The molecule has 0 aromatic heterocycles. The van der Waals surface area contributed by atoms with E-state index < -0.39 is 5.79 Å². The molecule has 1 saturated heterocycles. The maximum absolute atomic E-state index is 12.0. The molecule has 1 aromatic carbocycles. The van der Waals surface area contributed by atoms with Gasteiger partial charge < -0.3 is 19.1 Å². The molecule has 1 aromatic rings. The number of halogens is 1. The van der Waals surface area contributed by atoms with Gasteiger partial charge in [-0.25, -0.2) is 4.79 Å². The Balaban J connectivity index is 1.74. The van der Waals surface area contributed by atoms with Crippen molar-refractivity contribution in [2.45, 2.75) is 38.5 Å². The van der Waals surface area contributed by atoms with Crippen LogP contribution in [0.25, 0.3) is 0 Å². The van der Waals surface area contributed by atoms with Crippen LogP contribution in [0.3, 0.4) is 0 Å². The van der Waals surface area contributed by atoms with Gasteiger partial charge >= 0.3 is 5.97 Å². The van der Waals surface area contributed by atoms with Gasteiger partial charge in [0, 0.05) is 18.5 Å². The molecule has 0 spiro atoms. The fraction of sp³-hybridized carbons (Fsp3) is 0.632. The number of piperidine rings is 1. The van der Waals surface area contributed by atoms with Gasteiger partial charge in [0.15, 0.2) is 11.5 Å². The predicted molar refractivity (Wildman–Crippen MR) is 103 cm³/mol. The quantitative estimate of drug-likeness (QED) is 0.689. The van der Waals surface area contributed by atoms with Crippen molar-refractivity contribution in [3.8, 4) is 11.5 Å². The molecular weight excluding hydrogens is 400 g/mol. The van der Waals surface area contributed by atoms with Gasteiger partial charge in [-0.05, 0) is 68.9 Å². The molecule has 2 aliphatic rings. The molecule has 2 aliphatic heterocycles. The van der Waals surface area contributed by atoms with Crippen LogP contribution in [0.4, 0.5) is 0 Å². The van der Waals surface area contributed by atoms with E-state index in [-0.39, 0.29) is 5.97 Å². The maximum Gasteiger partial charge on any atom is 0.338 e. The lowest BCUT2D eigenvalue weighted by Gasteiger charge is -2.38. The zero-order valence-corrected chi connectivity index (χ0v) is 17.7. The van der Waals surface area contributed by atoms with Crippen LogP contribution in [0.5, 0.6) is 11.5 Å². The Morgan fingerprint density at radius 3 is 2.54 bits per heavy atom. The molecule has 2 heterocycles. The molecule has 1 atom stereocenters. The number of benzene rings is 1. The van der Waals surface area contributed by atoms with Crippen molar-refractivity contribution in [1.29, 1.82) is 0 Å². The number of nitrogens with zero attached hydrogens (tertiary/aromatic N) is 2. The van der Waals surface area contributed by atoms with Crippen LogP contribution >= 0.6 is 15.9 Å². The van der Waals surface area contributed by atoms with Crippen LogP contribution in [-0.2, 0) is 4.74 Å². The molecule has 0 radical (unpaired) electrons. The van der Waals surface area contributed by atoms with Crippen LogP contribution < -0.4 is 9.47 Å². The van der Waals surface area contributed by atoms with Gasteiger partial charge in [-0.1, -0.05) is 0 Å². The number of hydrogen-bond donors (Lipinski definition) is 0. The van der Waals surface area contributed by atoms with E-state index in [0.29, 0.717) is 34.1 Å². The lowest BCUT2D eigenvalue weighted by Crippen LogP contribution is -2.51. The standard InChI is InChI=1S/C19H27BrN2O4/c1-12-14(18(23)24-5)10-15(20)17-16(12)25-19(2,26-17)11-22-8-6-13(7-9-22)21(3)4/h10,13H,6-9,11H2,1-5H3. The second-order valence-corrected chi connectivity index (χ2v) is 8.34. The second kappa shape index (κ2) is 7.37. The van der Waals surface area contributed by atoms with Gasteiger partial charge in [0.1, 0.15) is 0 Å². The first-order valence-electron chi connectivity index (χ1n) is 8.92. The summed E-state index contributed by atoms with van der Waals surface area (Å²) in [5, 5.41) is 0. The largest absolute Gasteiger partial charge is 0.465 e. The Bertz CT molecular complexity index is 701. The third kappa shape index (κ3) is 3.70. The van der Waals surface area contributed by atoms with E-state index >= 15 is 0 Å². The molecule has 0 saturated carbocycles. The number of likely N-dealkylation sites (tertiary alicyclic amines) is 1. The Morgan fingerprint density at radius 2 is 1.96 bits per heavy atom. The van der Waals surface area contributed by atoms with Crippen LogP contribution in [0.2, 0.25) is 0 Å². The first kappa shape index (κ1) is 19.5. The summed E-state index contributed by atoms with van der Waals surface area (Å²) in [5.74, 6) is 0.121. The Labute approximate surface area is 163 Å². The minimum Gasteiger partial charge on any atom is -0.465 e. The van der Waals surface area contributed by atoms with Gasteiger partial charge in [-0.2, -0.15) is 0 Å². The van der Waals surface area contributed by atoms with Crippen molar-refractivity contribution >= 4 is 21.9 Å². The molecule has 7 heteroatoms. The number of carbonyl (C=O) groups is 1. The summed E-state index contributed by atoms with van der Waals surface area (Å²) in [6.45, 7) is 6.54. The average molecular weight is 427 g/mol. The third-order valence-electron chi connectivity index (χ3n) is 5.28. The predicted octanol–water partition coefficient (Wildman–Crippen LogP) is 3.06. The SMILES string of the molecule is COC(=O)c1cc(Br)c2c(c1C)OC(C)(CN1CCC(N(C)C)CC1)O2. The summed E-state index contributed by atoms with van der Waals surface area (Å²) in [6, 6.07) is 2.37. The number of ether oxygens (including phenoxy) is 3. The average Bonchev–Trinajstić information content (AvgIpc) is 2.96. The summed E-state index contributed by atoms with van der Waals surface area (Å²) in [5.41, 5.74) is 1.22. The Kier molecular flexibility index (Phi) is 5.51. The van der Waals surface area contributed by atoms with E-state index in [1.165, 1.54) is 7.11 Å². The van der Waals surface area contributed by atoms with Gasteiger partial charge in [-0.3, -0.25) is 4.90 Å². The van der Waals surface area contributed by atoms with E-state index in [9.17, 15) is 4.79 Å². The summed E-state index contributed by atoms with van der Waals surface area (Å²) in [6.07, 6.45) is 2.29. The fourth-order valence-electron chi connectivity index (χ4n) is 3.76. The van der Waals surface area contributed by atoms with E-state index in [1.54, 1.807) is 6.07 Å². The summed E-state index contributed by atoms with van der Waals surface area (Å²) < 4.78 is 18.0. The zero-order valence-electron chi connectivity index (χ0n) is 16.1. The number of rotatable bonds is 4. The minimum atomic E-state index is -0.769. The smallest absolute Gasteiger partial charge is 0.338 e. The van der Waals surface area contributed by atoms with Crippen LogP contribution in [0.15, 0.2) is 10.5 Å². The van der Waals surface area contributed by atoms with Crippen LogP contribution in [0.1, 0.15) is 35.7 Å². The maximum atomic E-state index is 12.0. The lowest BCUT2D eigenvalue weighted by molar-refractivity contribution is -0.0890. The lowest BCUT2D eigenvalue weighted by atomic mass is 10.0. The Morgan fingerprint density at radius 1 is 1.35 bits per heavy atom. The van der Waals surface area contributed by atoms with Crippen LogP contribution in [-0.4, -0.2) is 68.4 Å². The van der Waals surface area contributed by atoms with Gasteiger partial charge in [0.2, 0.25) is 0 Å². The number of methoxy groups -OCH3 is 1. The highest BCUT2D eigenvalue weighted by Crippen LogP contribution is 2.48. The molecule has 26 heavy (non-hydrogen) atoms. The van der Waals surface area contributed by atoms with E-state index in [1.807, 2.05) is 13.8 Å². The van der Waals surface area contributed by atoms with Crippen molar-refractivity contribution in [2.24, 2.45) is 0 Å². The van der Waals surface area contributed by atoms with E-state index in [0.717, 1.165) is 31.5 Å². The first-order valence-corrected chi connectivity index (χ1v) is 9.71. The molecule has 3 rings (SSSR count). The van der Waals surface area contributed by atoms with Gasteiger partial charge in [-0.15, -0.1) is 0 Å².